The maximum absolute atomic E-state index is 12.4. The Morgan fingerprint density at radius 1 is 0.429 bits per heavy atom. The molecule has 0 saturated carbocycles. The Morgan fingerprint density at radius 2 is 0.755 bits per heavy atom. The minimum absolute atomic E-state index is 0.0943. The van der Waals surface area contributed by atoms with Gasteiger partial charge in [0.15, 0.2) is 0 Å². The van der Waals surface area contributed by atoms with Crippen molar-refractivity contribution in [2.75, 3.05) is 6.61 Å². The molecule has 0 bridgehead atoms. The Hall–Kier alpha value is -11.0. The number of aromatic carboxylic acids is 1. The van der Waals surface area contributed by atoms with Gasteiger partial charge < -0.3 is 47.9 Å². The molecule has 98 heavy (non-hydrogen) atoms. The third-order valence-corrected chi connectivity index (χ3v) is 14.5. The minimum Gasteiger partial charge on any atom is -0.508 e. The van der Waals surface area contributed by atoms with Crippen molar-refractivity contribution in [2.45, 2.75) is 140 Å². The largest absolute Gasteiger partial charge is 0.508 e. The van der Waals surface area contributed by atoms with Crippen LogP contribution in [0.3, 0.4) is 0 Å². The van der Waals surface area contributed by atoms with E-state index >= 15 is 0 Å². The fraction of sp³-hybridized carbons (Fsp3) is 0.268. The third kappa shape index (κ3) is 22.0. The minimum atomic E-state index is -0.869. The van der Waals surface area contributed by atoms with E-state index in [1.807, 2.05) is 102 Å². The fourth-order valence-electron chi connectivity index (χ4n) is 10.2. The summed E-state index contributed by atoms with van der Waals surface area (Å²) in [6.07, 6.45) is -0.350. The summed E-state index contributed by atoms with van der Waals surface area (Å²) in [6, 6.07) is 58.6. The molecule has 1 saturated heterocycles. The van der Waals surface area contributed by atoms with E-state index in [-0.39, 0.29) is 41.8 Å². The number of aromatic hydroxyl groups is 3. The van der Waals surface area contributed by atoms with Crippen molar-refractivity contribution in [1.29, 1.82) is 0 Å². The Kier molecular flexibility index (Phi) is 29.6. The summed E-state index contributed by atoms with van der Waals surface area (Å²) in [6.45, 7) is 31.3. The lowest BCUT2D eigenvalue weighted by molar-refractivity contribution is -0.137. The second kappa shape index (κ2) is 37.3. The number of carbonyl (C=O) groups excluding carboxylic acids is 2. The molecule has 0 aliphatic carbocycles. The van der Waals surface area contributed by atoms with E-state index in [0.717, 1.165) is 43.5 Å². The molecule has 0 spiro atoms. The topological polar surface area (TPSA) is 250 Å². The van der Waals surface area contributed by atoms with Crippen LogP contribution in [0.4, 0.5) is 0 Å². The van der Waals surface area contributed by atoms with Crippen molar-refractivity contribution in [3.8, 4) is 23.0 Å². The van der Waals surface area contributed by atoms with E-state index in [2.05, 4.69) is 98.7 Å². The molecule has 12 aromatic rings. The molecule has 1 aliphatic rings. The van der Waals surface area contributed by atoms with Crippen molar-refractivity contribution in [3.63, 3.8) is 0 Å². The van der Waals surface area contributed by atoms with Crippen LogP contribution in [-0.2, 0) is 14.3 Å². The molecule has 1 aliphatic heterocycles. The van der Waals surface area contributed by atoms with E-state index < -0.39 is 34.9 Å². The second-order valence-corrected chi connectivity index (χ2v) is 23.5. The van der Waals surface area contributed by atoms with Gasteiger partial charge in [-0.05, 0) is 155 Å². The van der Waals surface area contributed by atoms with Gasteiger partial charge in [-0.1, -0.05) is 174 Å². The van der Waals surface area contributed by atoms with Gasteiger partial charge in [0, 0.05) is 57.9 Å². The van der Waals surface area contributed by atoms with Crippen LogP contribution in [0.2, 0.25) is 0 Å². The van der Waals surface area contributed by atoms with Gasteiger partial charge in [-0.3, -0.25) is 4.79 Å². The first-order valence-electron chi connectivity index (χ1n) is 32.8. The molecule has 0 amide bonds. The van der Waals surface area contributed by atoms with Gasteiger partial charge >= 0.3 is 34.8 Å². The Balaban J connectivity index is 0.000000212. The molecule has 16 heteroatoms. The molecular weight excluding hydrogens is 1240 g/mol. The van der Waals surface area contributed by atoms with Crippen molar-refractivity contribution in [3.05, 3.63) is 259 Å². The van der Waals surface area contributed by atoms with E-state index in [1.54, 1.807) is 66.7 Å². The van der Waals surface area contributed by atoms with E-state index in [4.69, 9.17) is 47.9 Å². The molecule has 9 aromatic carbocycles. The van der Waals surface area contributed by atoms with Gasteiger partial charge in [-0.25, -0.2) is 24.0 Å². The maximum Gasteiger partial charge on any atom is 0.339 e. The Labute approximate surface area is 571 Å². The van der Waals surface area contributed by atoms with Gasteiger partial charge in [0.25, 0.3) is 0 Å². The van der Waals surface area contributed by atoms with Crippen molar-refractivity contribution < 1.29 is 62.3 Å². The normalized spacial score (nSPS) is 12.0. The summed E-state index contributed by atoms with van der Waals surface area (Å²) >= 11 is 0. The first-order chi connectivity index (χ1) is 46.8. The first kappa shape index (κ1) is 77.7. The highest BCUT2D eigenvalue weighted by atomic mass is 16.6. The van der Waals surface area contributed by atoms with Gasteiger partial charge in [-0.2, -0.15) is 0 Å². The SMILES string of the molecule is CC.CC.CC.CC(C)c1ccc(C(=O)O)c2ccccc12.CC(C)c1ccc(C(=O)OC2COC(=O)C2)c2ccccc12.CC(C)c1ccc(OC(C)(C)C)c2ccccc12.O=c1ccc2ccc(O)cc2o1.O=c1ccc2ccc(O)cc2o1.O=c1ccc2ccc(O)cc2o1. The molecule has 0 radical (unpaired) electrons. The predicted molar refractivity (Wildman–Crippen MR) is 393 cm³/mol. The second-order valence-electron chi connectivity index (χ2n) is 23.5. The number of hydrogen-bond acceptors (Lipinski definition) is 15. The highest BCUT2D eigenvalue weighted by molar-refractivity contribution is 6.06. The summed E-state index contributed by atoms with van der Waals surface area (Å²) in [5.41, 5.74) is 4.50. The number of carboxylic acids is 1. The summed E-state index contributed by atoms with van der Waals surface area (Å²) < 4.78 is 30.7. The van der Waals surface area contributed by atoms with Crippen LogP contribution < -0.4 is 21.6 Å². The van der Waals surface area contributed by atoms with E-state index in [0.29, 0.717) is 45.6 Å². The smallest absolute Gasteiger partial charge is 0.339 e. The zero-order valence-corrected chi connectivity index (χ0v) is 58.5. The van der Waals surface area contributed by atoms with Gasteiger partial charge in [0.05, 0.1) is 17.5 Å². The highest BCUT2D eigenvalue weighted by Gasteiger charge is 2.28. The van der Waals surface area contributed by atoms with Crippen LogP contribution in [0.15, 0.2) is 228 Å². The summed E-state index contributed by atoms with van der Waals surface area (Å²) in [7, 11) is 0. The number of fused-ring (bicyclic) bond motifs is 6. The number of hydrogen-bond donors (Lipinski definition) is 4. The molecule has 1 fully saturated rings. The van der Waals surface area contributed by atoms with Crippen molar-refractivity contribution in [1.82, 2.24) is 0 Å². The molecule has 514 valence electrons. The summed E-state index contributed by atoms with van der Waals surface area (Å²) in [4.78, 5) is 66.8. The predicted octanol–water partition coefficient (Wildman–Crippen LogP) is 19.8. The van der Waals surface area contributed by atoms with Crippen LogP contribution >= 0.6 is 0 Å². The van der Waals surface area contributed by atoms with Crippen molar-refractivity contribution >= 4 is 83.1 Å². The first-order valence-corrected chi connectivity index (χ1v) is 32.8. The van der Waals surface area contributed by atoms with Crippen LogP contribution in [0.5, 0.6) is 23.0 Å². The molecule has 1 atom stereocenters. The lowest BCUT2D eigenvalue weighted by atomic mass is 9.93. The number of carbonyl (C=O) groups is 3. The molecule has 3 aromatic heterocycles. The average Bonchev–Trinajstić information content (AvgIpc) is 0.811. The number of benzene rings is 9. The molecule has 4 N–H and O–H groups in total. The monoisotopic (exact) mass is 1330 g/mol. The molecule has 1 unspecified atom stereocenters. The standard InChI is InChI=1S/C18H18O4.C17H22O.C14H14O2.3C9H6O3.3C2H6/c1-11(2)13-7-8-16(15-6-4-3-5-14(13)15)18(20)22-12-9-17(19)21-10-12;1-12(2)13-10-11-16(18-17(3,4)5)15-9-7-6-8-14(13)15;1-9(2)10-7-8-13(14(15)16)12-6-4-3-5-11(10)12;3*10-7-3-1-6-2-4-9(11)12-8(6)5-7;3*1-2/h3-8,11-12H,9-10H2,1-2H3;6-12H,1-5H3;3-9H,1-2H3,(H,15,16);3*1-5,10H;3*1-2H3. The number of ether oxygens (including phenoxy) is 3. The molecular formula is C82H90O16. The fourth-order valence-corrected chi connectivity index (χ4v) is 10.2. The van der Waals surface area contributed by atoms with Crippen LogP contribution in [-0.4, -0.2) is 56.6 Å². The number of phenolic OH excluding ortho intramolecular Hbond substituents is 3. The van der Waals surface area contributed by atoms with Crippen LogP contribution in [0, 0.1) is 0 Å². The number of phenols is 3. The number of cyclic esters (lactones) is 1. The maximum atomic E-state index is 12.4. The number of rotatable bonds is 7. The van der Waals surface area contributed by atoms with Gasteiger partial charge in [-0.15, -0.1) is 0 Å². The Morgan fingerprint density at radius 3 is 1.10 bits per heavy atom. The zero-order chi connectivity index (χ0) is 72.4. The average molecular weight is 1330 g/mol. The van der Waals surface area contributed by atoms with Gasteiger partial charge in [0.2, 0.25) is 0 Å². The Bertz CT molecular complexity index is 4580. The van der Waals surface area contributed by atoms with Crippen LogP contribution in [0.1, 0.15) is 165 Å². The molecule has 16 nitrogen and oxygen atoms in total. The lowest BCUT2D eigenvalue weighted by Crippen LogP contribution is -2.23. The van der Waals surface area contributed by atoms with Gasteiger partial charge in [0.1, 0.15) is 58.1 Å². The lowest BCUT2D eigenvalue weighted by Gasteiger charge is -2.23. The number of carboxylic acid groups (broad SMARTS) is 1. The van der Waals surface area contributed by atoms with E-state index in [1.165, 1.54) is 63.9 Å². The number of esters is 2. The summed E-state index contributed by atoms with van der Waals surface area (Å²) in [5, 5.41) is 45.0. The quantitative estimate of drug-likeness (QED) is 0.0855. The van der Waals surface area contributed by atoms with E-state index in [9.17, 15) is 28.8 Å². The summed E-state index contributed by atoms with van der Waals surface area (Å²) in [5.74, 6) is 0.953. The third-order valence-electron chi connectivity index (χ3n) is 14.5. The zero-order valence-electron chi connectivity index (χ0n) is 58.5. The van der Waals surface area contributed by atoms with Crippen molar-refractivity contribution in [2.24, 2.45) is 0 Å². The molecule has 4 heterocycles. The molecule has 13 rings (SSSR count). The van der Waals surface area contributed by atoms with Crippen LogP contribution in [0.25, 0.3) is 65.2 Å². The highest BCUT2D eigenvalue weighted by Crippen LogP contribution is 2.35.